The minimum Gasteiger partial charge on any atom is -0.497 e. The average molecular weight is 515 g/mol. The third kappa shape index (κ3) is 4.43. The molecule has 0 spiro atoms. The highest BCUT2D eigenvalue weighted by molar-refractivity contribution is 6.08. The third-order valence-electron chi connectivity index (χ3n) is 8.34. The number of rotatable bonds is 8. The third-order valence-corrected chi connectivity index (χ3v) is 8.34. The quantitative estimate of drug-likeness (QED) is 0.330. The largest absolute Gasteiger partial charge is 0.497 e. The van der Waals surface area contributed by atoms with Crippen LogP contribution in [-0.2, 0) is 9.59 Å². The standard InChI is InChI=1S/C30H34N4O4/c1-37-20-4-6-27-22(14-20)25(17-31-27)19-8-12-33(13-9-19)10-3-11-34-29(35)16-24(30(34)36)26-18-32-28-7-5-21(38-2)15-23(26)28/h4-7,14-15,17-19,24,31-32H,3,8-13,16H2,1-2H3. The molecule has 2 N–H and O–H groups in total. The fraction of sp³-hybridized carbons (Fsp3) is 0.400. The molecule has 198 valence electrons. The first kappa shape index (κ1) is 24.6. The highest BCUT2D eigenvalue weighted by atomic mass is 16.5. The van der Waals surface area contributed by atoms with E-state index in [1.165, 1.54) is 15.8 Å². The Morgan fingerprint density at radius 3 is 2.08 bits per heavy atom. The molecule has 2 aromatic heterocycles. The van der Waals surface area contributed by atoms with Crippen molar-refractivity contribution in [3.63, 3.8) is 0 Å². The van der Waals surface area contributed by atoms with Gasteiger partial charge in [0.05, 0.1) is 20.1 Å². The first-order valence-corrected chi connectivity index (χ1v) is 13.4. The highest BCUT2D eigenvalue weighted by Crippen LogP contribution is 2.37. The zero-order valence-electron chi connectivity index (χ0n) is 22.0. The van der Waals surface area contributed by atoms with Gasteiger partial charge in [0.15, 0.2) is 0 Å². The van der Waals surface area contributed by atoms with Gasteiger partial charge in [-0.05, 0) is 92.3 Å². The van der Waals surface area contributed by atoms with E-state index in [1.807, 2.05) is 30.5 Å². The maximum Gasteiger partial charge on any atom is 0.237 e. The predicted molar refractivity (Wildman–Crippen MR) is 147 cm³/mol. The summed E-state index contributed by atoms with van der Waals surface area (Å²) in [5.74, 6) is 1.53. The van der Waals surface area contributed by atoms with Gasteiger partial charge in [0.25, 0.3) is 0 Å². The molecule has 4 heterocycles. The fourth-order valence-corrected chi connectivity index (χ4v) is 6.20. The van der Waals surface area contributed by atoms with Gasteiger partial charge >= 0.3 is 0 Å². The molecular formula is C30H34N4O4. The van der Waals surface area contributed by atoms with E-state index in [0.29, 0.717) is 12.5 Å². The van der Waals surface area contributed by atoms with Gasteiger partial charge in [0.2, 0.25) is 11.8 Å². The maximum absolute atomic E-state index is 13.3. The summed E-state index contributed by atoms with van der Waals surface area (Å²) >= 11 is 0. The summed E-state index contributed by atoms with van der Waals surface area (Å²) in [6.45, 7) is 3.40. The molecule has 2 aromatic carbocycles. The SMILES string of the molecule is COc1ccc2[nH]cc(C3CCN(CCCN4C(=O)CC(c5c[nH]c6ccc(OC)cc56)C4=O)CC3)c2c1. The molecule has 4 aromatic rings. The van der Waals surface area contributed by atoms with Crippen LogP contribution < -0.4 is 9.47 Å². The Kier molecular flexibility index (Phi) is 6.57. The monoisotopic (exact) mass is 514 g/mol. The van der Waals surface area contributed by atoms with Gasteiger partial charge < -0.3 is 24.3 Å². The minimum atomic E-state index is -0.436. The Labute approximate surface area is 221 Å². The summed E-state index contributed by atoms with van der Waals surface area (Å²) in [6.07, 6.45) is 7.22. The van der Waals surface area contributed by atoms with E-state index in [1.54, 1.807) is 14.2 Å². The number of carbonyl (C=O) groups excluding carboxylic acids is 2. The number of benzene rings is 2. The van der Waals surface area contributed by atoms with E-state index < -0.39 is 5.92 Å². The number of piperidine rings is 1. The number of imide groups is 1. The summed E-state index contributed by atoms with van der Waals surface area (Å²) in [4.78, 5) is 36.6. The lowest BCUT2D eigenvalue weighted by molar-refractivity contribution is -0.138. The molecule has 0 radical (unpaired) electrons. The molecule has 2 amide bonds. The van der Waals surface area contributed by atoms with Crippen LogP contribution in [0.1, 0.15) is 48.6 Å². The average Bonchev–Trinajstić information content (AvgIpc) is 3.64. The maximum atomic E-state index is 13.3. The van der Waals surface area contributed by atoms with Crippen LogP contribution in [0.2, 0.25) is 0 Å². The number of carbonyl (C=O) groups is 2. The smallest absolute Gasteiger partial charge is 0.237 e. The molecule has 6 rings (SSSR count). The highest BCUT2D eigenvalue weighted by Gasteiger charge is 2.40. The van der Waals surface area contributed by atoms with Crippen molar-refractivity contribution in [1.82, 2.24) is 19.8 Å². The van der Waals surface area contributed by atoms with E-state index in [-0.39, 0.29) is 18.2 Å². The number of fused-ring (bicyclic) bond motifs is 2. The van der Waals surface area contributed by atoms with Crippen molar-refractivity contribution in [2.45, 2.75) is 37.5 Å². The molecule has 0 aliphatic carbocycles. The number of likely N-dealkylation sites (tertiary alicyclic amines) is 2. The second kappa shape index (κ2) is 10.2. The molecule has 0 bridgehead atoms. The number of amides is 2. The van der Waals surface area contributed by atoms with E-state index >= 15 is 0 Å². The fourth-order valence-electron chi connectivity index (χ4n) is 6.20. The Hall–Kier alpha value is -3.78. The second-order valence-corrected chi connectivity index (χ2v) is 10.4. The zero-order valence-corrected chi connectivity index (χ0v) is 22.0. The Balaban J connectivity index is 1.03. The number of nitrogens with zero attached hydrogens (tertiary/aromatic N) is 2. The van der Waals surface area contributed by atoms with Crippen molar-refractivity contribution in [3.05, 3.63) is 59.9 Å². The molecule has 1 unspecified atom stereocenters. The lowest BCUT2D eigenvalue weighted by atomic mass is 9.89. The predicted octanol–water partition coefficient (Wildman–Crippen LogP) is 4.78. The molecule has 2 saturated heterocycles. The molecule has 2 aliphatic heterocycles. The number of H-pyrrole nitrogens is 2. The van der Waals surface area contributed by atoms with Gasteiger partial charge in [-0.25, -0.2) is 0 Å². The first-order valence-electron chi connectivity index (χ1n) is 13.4. The lowest BCUT2D eigenvalue weighted by Crippen LogP contribution is -2.37. The van der Waals surface area contributed by atoms with Gasteiger partial charge in [0, 0.05) is 47.2 Å². The Morgan fingerprint density at radius 2 is 1.45 bits per heavy atom. The minimum absolute atomic E-state index is 0.0780. The number of hydrogen-bond donors (Lipinski definition) is 2. The summed E-state index contributed by atoms with van der Waals surface area (Å²) < 4.78 is 10.8. The number of hydrogen-bond acceptors (Lipinski definition) is 5. The van der Waals surface area contributed by atoms with Crippen molar-refractivity contribution in [3.8, 4) is 11.5 Å². The molecule has 8 nitrogen and oxygen atoms in total. The summed E-state index contributed by atoms with van der Waals surface area (Å²) in [7, 11) is 3.33. The van der Waals surface area contributed by atoms with Gasteiger partial charge in [-0.1, -0.05) is 0 Å². The summed E-state index contributed by atoms with van der Waals surface area (Å²) in [5.41, 5.74) is 4.33. The molecule has 38 heavy (non-hydrogen) atoms. The molecule has 1 atom stereocenters. The molecular weight excluding hydrogens is 480 g/mol. The van der Waals surface area contributed by atoms with Crippen molar-refractivity contribution in [2.75, 3.05) is 40.4 Å². The van der Waals surface area contributed by atoms with Crippen molar-refractivity contribution in [1.29, 1.82) is 0 Å². The summed E-state index contributed by atoms with van der Waals surface area (Å²) in [5, 5.41) is 2.19. The van der Waals surface area contributed by atoms with Crippen LogP contribution in [0.25, 0.3) is 21.8 Å². The normalized spacial score (nSPS) is 19.2. The summed E-state index contributed by atoms with van der Waals surface area (Å²) in [6, 6.07) is 11.9. The van der Waals surface area contributed by atoms with Gasteiger partial charge in [-0.2, -0.15) is 0 Å². The van der Waals surface area contributed by atoms with Crippen LogP contribution in [0.3, 0.4) is 0 Å². The number of methoxy groups -OCH3 is 2. The van der Waals surface area contributed by atoms with Crippen LogP contribution in [0.4, 0.5) is 0 Å². The van der Waals surface area contributed by atoms with E-state index in [0.717, 1.165) is 72.4 Å². The zero-order chi connectivity index (χ0) is 26.2. The molecule has 2 aliphatic rings. The van der Waals surface area contributed by atoms with Crippen molar-refractivity contribution >= 4 is 33.6 Å². The molecule has 8 heteroatoms. The van der Waals surface area contributed by atoms with E-state index in [9.17, 15) is 9.59 Å². The topological polar surface area (TPSA) is 90.7 Å². The number of nitrogens with one attached hydrogen (secondary N) is 2. The Bertz CT molecular complexity index is 1480. The van der Waals surface area contributed by atoms with Crippen molar-refractivity contribution in [2.24, 2.45) is 0 Å². The molecule has 0 saturated carbocycles. The first-order chi connectivity index (χ1) is 18.6. The molecule has 2 fully saturated rings. The van der Waals surface area contributed by atoms with Crippen LogP contribution in [0, 0.1) is 0 Å². The number of aromatic nitrogens is 2. The van der Waals surface area contributed by atoms with Gasteiger partial charge in [-0.15, -0.1) is 0 Å². The number of ether oxygens (including phenoxy) is 2. The van der Waals surface area contributed by atoms with Crippen molar-refractivity contribution < 1.29 is 19.1 Å². The van der Waals surface area contributed by atoms with E-state index in [2.05, 4.69) is 33.2 Å². The van der Waals surface area contributed by atoms with Crippen LogP contribution in [-0.4, -0.2) is 72.0 Å². The lowest BCUT2D eigenvalue weighted by Gasteiger charge is -2.32. The number of aromatic amines is 2. The Morgan fingerprint density at radius 1 is 0.842 bits per heavy atom. The van der Waals surface area contributed by atoms with Crippen LogP contribution in [0.15, 0.2) is 48.8 Å². The van der Waals surface area contributed by atoms with E-state index in [4.69, 9.17) is 9.47 Å². The van der Waals surface area contributed by atoms with Gasteiger partial charge in [0.1, 0.15) is 11.5 Å². The van der Waals surface area contributed by atoms with Gasteiger partial charge in [-0.3, -0.25) is 14.5 Å². The second-order valence-electron chi connectivity index (χ2n) is 10.4. The van der Waals surface area contributed by atoms with Crippen LogP contribution in [0.5, 0.6) is 11.5 Å². The van der Waals surface area contributed by atoms with Crippen LogP contribution >= 0.6 is 0 Å².